The van der Waals surface area contributed by atoms with Crippen LogP contribution in [0.5, 0.6) is 0 Å². The first-order valence-corrected chi connectivity index (χ1v) is 2.01. The summed E-state index contributed by atoms with van der Waals surface area (Å²) in [5, 5.41) is 2.97. The van der Waals surface area contributed by atoms with Gasteiger partial charge in [0.15, 0.2) is 0 Å². The van der Waals surface area contributed by atoms with Crippen LogP contribution in [0.25, 0.3) is 10.4 Å². The van der Waals surface area contributed by atoms with Crippen molar-refractivity contribution in [1.29, 1.82) is 0 Å². The summed E-state index contributed by atoms with van der Waals surface area (Å²) in [6.07, 6.45) is 0. The van der Waals surface area contributed by atoms with Gasteiger partial charge in [-0.05, 0) is 12.5 Å². The zero-order chi connectivity index (χ0) is 4.99. The fourth-order valence-corrected chi connectivity index (χ4v) is 0.121. The van der Waals surface area contributed by atoms with Crippen LogP contribution in [-0.4, -0.2) is 5.37 Å². The van der Waals surface area contributed by atoms with E-state index in [0.29, 0.717) is 0 Å². The van der Waals surface area contributed by atoms with Gasteiger partial charge in [0.05, 0.1) is 5.37 Å². The van der Waals surface area contributed by atoms with Crippen LogP contribution < -0.4 is 0 Å². The second-order valence-corrected chi connectivity index (χ2v) is 1.58. The molecule has 0 aromatic heterocycles. The number of azide groups is 1. The molecular weight excluding hydrogens is 98.1 g/mol. The highest BCUT2D eigenvalue weighted by Gasteiger charge is 1.79. The van der Waals surface area contributed by atoms with Gasteiger partial charge in [0.1, 0.15) is 0 Å². The number of thiol groups is 1. The predicted molar refractivity (Wildman–Crippen MR) is 27.6 cm³/mol. The fourth-order valence-electron chi connectivity index (χ4n) is 0.0747. The van der Waals surface area contributed by atoms with Gasteiger partial charge in [-0.15, -0.1) is 0 Å². The summed E-state index contributed by atoms with van der Waals surface area (Å²) in [5.41, 5.74) is 7.65. The van der Waals surface area contributed by atoms with Crippen LogP contribution >= 0.6 is 12.6 Å². The van der Waals surface area contributed by atoms with E-state index in [4.69, 9.17) is 5.53 Å². The Balaban J connectivity index is 3.29. The quantitative estimate of drug-likeness (QED) is 0.227. The second kappa shape index (κ2) is 2.87. The van der Waals surface area contributed by atoms with Crippen molar-refractivity contribution in [2.75, 3.05) is 0 Å². The lowest BCUT2D eigenvalue weighted by molar-refractivity contribution is 1.03. The summed E-state index contributed by atoms with van der Waals surface area (Å²) in [4.78, 5) is 2.48. The maximum atomic E-state index is 7.65. The molecule has 4 heteroatoms. The van der Waals surface area contributed by atoms with Crippen molar-refractivity contribution in [3.05, 3.63) is 10.4 Å². The number of hydrogen-bond acceptors (Lipinski definition) is 2. The Kier molecular flexibility index (Phi) is 2.71. The van der Waals surface area contributed by atoms with Crippen molar-refractivity contribution >= 4 is 12.6 Å². The second-order valence-electron chi connectivity index (χ2n) is 0.837. The summed E-state index contributed by atoms with van der Waals surface area (Å²) in [5.74, 6) is 0. The molecule has 6 heavy (non-hydrogen) atoms. The van der Waals surface area contributed by atoms with E-state index in [0.717, 1.165) is 0 Å². The minimum Gasteiger partial charge on any atom is -0.170 e. The first-order valence-electron chi connectivity index (χ1n) is 1.49. The minimum absolute atomic E-state index is 0.199. The molecule has 1 unspecified atom stereocenters. The Morgan fingerprint density at radius 2 is 2.50 bits per heavy atom. The standard InChI is InChI=1S/C2H5N3S/c1-2(6)4-5-3/h2,6H,1H3. The van der Waals surface area contributed by atoms with Crippen molar-refractivity contribution < 1.29 is 0 Å². The first kappa shape index (κ1) is 5.66. The highest BCUT2D eigenvalue weighted by Crippen LogP contribution is 1.91. The van der Waals surface area contributed by atoms with Gasteiger partial charge in [0, 0.05) is 4.91 Å². The Bertz CT molecular complexity index is 72.9. The van der Waals surface area contributed by atoms with Gasteiger partial charge >= 0.3 is 0 Å². The van der Waals surface area contributed by atoms with Crippen molar-refractivity contribution in [3.63, 3.8) is 0 Å². The van der Waals surface area contributed by atoms with E-state index in [2.05, 4.69) is 22.7 Å². The van der Waals surface area contributed by atoms with E-state index in [-0.39, 0.29) is 5.37 Å². The molecule has 0 aromatic carbocycles. The average molecular weight is 103 g/mol. The highest BCUT2D eigenvalue weighted by molar-refractivity contribution is 7.80. The van der Waals surface area contributed by atoms with Crippen LogP contribution in [0.4, 0.5) is 0 Å². The molecule has 0 rings (SSSR count). The molecule has 0 aliphatic carbocycles. The molecule has 0 saturated carbocycles. The molecule has 0 fully saturated rings. The normalized spacial score (nSPS) is 12.3. The van der Waals surface area contributed by atoms with E-state index in [1.54, 1.807) is 6.92 Å². The van der Waals surface area contributed by atoms with E-state index in [9.17, 15) is 0 Å². The van der Waals surface area contributed by atoms with Gasteiger partial charge in [-0.1, -0.05) is 5.11 Å². The van der Waals surface area contributed by atoms with Crippen LogP contribution in [-0.2, 0) is 0 Å². The van der Waals surface area contributed by atoms with Crippen LogP contribution in [0.3, 0.4) is 0 Å². The fraction of sp³-hybridized carbons (Fsp3) is 1.00. The molecule has 0 aromatic rings. The largest absolute Gasteiger partial charge is 0.170 e. The summed E-state index contributed by atoms with van der Waals surface area (Å²) >= 11 is 3.76. The van der Waals surface area contributed by atoms with Crippen molar-refractivity contribution in [2.45, 2.75) is 12.3 Å². The molecular formula is C2H5N3S. The van der Waals surface area contributed by atoms with Gasteiger partial charge in [-0.2, -0.15) is 12.6 Å². The van der Waals surface area contributed by atoms with Crippen molar-refractivity contribution in [1.82, 2.24) is 0 Å². The molecule has 0 aliphatic rings. The van der Waals surface area contributed by atoms with E-state index < -0.39 is 0 Å². The van der Waals surface area contributed by atoms with Crippen LogP contribution in [0, 0.1) is 0 Å². The monoisotopic (exact) mass is 103 g/mol. The summed E-state index contributed by atoms with van der Waals surface area (Å²) in [6, 6.07) is 0. The molecule has 0 aliphatic heterocycles. The molecule has 34 valence electrons. The summed E-state index contributed by atoms with van der Waals surface area (Å²) in [7, 11) is 0. The summed E-state index contributed by atoms with van der Waals surface area (Å²) in [6.45, 7) is 1.70. The van der Waals surface area contributed by atoms with E-state index in [1.165, 1.54) is 0 Å². The van der Waals surface area contributed by atoms with E-state index in [1.807, 2.05) is 0 Å². The maximum Gasteiger partial charge on any atom is 0.0775 e. The smallest absolute Gasteiger partial charge is 0.0775 e. The third-order valence-corrected chi connectivity index (χ3v) is 0.322. The summed E-state index contributed by atoms with van der Waals surface area (Å²) < 4.78 is 0. The molecule has 0 saturated heterocycles. The Hall–Kier alpha value is -0.340. The van der Waals surface area contributed by atoms with Gasteiger partial charge in [-0.25, -0.2) is 0 Å². The minimum atomic E-state index is -0.199. The molecule has 1 atom stereocenters. The third-order valence-electron chi connectivity index (χ3n) is 0.219. The molecule has 0 N–H and O–H groups in total. The van der Waals surface area contributed by atoms with Crippen LogP contribution in [0.1, 0.15) is 6.92 Å². The molecule has 0 amide bonds. The van der Waals surface area contributed by atoms with Crippen molar-refractivity contribution in [2.24, 2.45) is 5.11 Å². The Labute approximate surface area is 41.4 Å². The maximum absolute atomic E-state index is 7.65. The van der Waals surface area contributed by atoms with Crippen LogP contribution in [0.2, 0.25) is 0 Å². The Morgan fingerprint density at radius 3 is 2.50 bits per heavy atom. The zero-order valence-corrected chi connectivity index (χ0v) is 4.26. The number of hydrogen-bond donors (Lipinski definition) is 1. The lowest BCUT2D eigenvalue weighted by Gasteiger charge is -1.81. The van der Waals surface area contributed by atoms with Crippen molar-refractivity contribution in [3.8, 4) is 0 Å². The highest BCUT2D eigenvalue weighted by atomic mass is 32.1. The SMILES string of the molecule is CC(S)N=[N+]=[N-]. The van der Waals surface area contributed by atoms with Crippen LogP contribution in [0.15, 0.2) is 5.11 Å². The topological polar surface area (TPSA) is 48.8 Å². The van der Waals surface area contributed by atoms with Gasteiger partial charge in [-0.3, -0.25) is 0 Å². The lowest BCUT2D eigenvalue weighted by atomic mass is 10.8. The third kappa shape index (κ3) is 3.66. The van der Waals surface area contributed by atoms with Gasteiger partial charge in [0.25, 0.3) is 0 Å². The number of rotatable bonds is 1. The molecule has 0 heterocycles. The number of nitrogens with zero attached hydrogens (tertiary/aromatic N) is 3. The molecule has 0 spiro atoms. The molecule has 0 bridgehead atoms. The predicted octanol–water partition coefficient (Wildman–Crippen LogP) is 1.57. The van der Waals surface area contributed by atoms with Gasteiger partial charge < -0.3 is 0 Å². The first-order chi connectivity index (χ1) is 2.77. The van der Waals surface area contributed by atoms with Gasteiger partial charge in [0.2, 0.25) is 0 Å². The zero-order valence-electron chi connectivity index (χ0n) is 3.37. The molecule has 3 nitrogen and oxygen atoms in total. The lowest BCUT2D eigenvalue weighted by Crippen LogP contribution is -1.75. The Morgan fingerprint density at radius 1 is 2.00 bits per heavy atom. The molecule has 0 radical (unpaired) electrons. The van der Waals surface area contributed by atoms with E-state index >= 15 is 0 Å². The average Bonchev–Trinajstić information content (AvgIpc) is 1.35.